The van der Waals surface area contributed by atoms with E-state index in [1.54, 1.807) is 12.3 Å². The van der Waals surface area contributed by atoms with Gasteiger partial charge in [-0.1, -0.05) is 19.1 Å². The number of rotatable bonds is 4. The number of carboxylic acids is 1. The van der Waals surface area contributed by atoms with E-state index in [0.717, 1.165) is 22.9 Å². The first-order valence-electron chi connectivity index (χ1n) is 5.89. The molecule has 2 rings (SSSR count). The number of aliphatic carboxylic acids is 1. The zero-order valence-corrected chi connectivity index (χ0v) is 10.4. The van der Waals surface area contributed by atoms with E-state index in [1.165, 1.54) is 6.92 Å². The number of aromatic nitrogens is 1. The van der Waals surface area contributed by atoms with E-state index >= 15 is 0 Å². The second-order valence-electron chi connectivity index (χ2n) is 4.07. The monoisotopic (exact) mass is 245 g/mol. The number of hydrogen-bond acceptors (Lipinski definition) is 3. The lowest BCUT2D eigenvalue weighted by molar-refractivity contribution is -0.144. The van der Waals surface area contributed by atoms with Gasteiger partial charge in [-0.3, -0.25) is 4.98 Å². The standard InChI is InChI=1S/C14H15NO3/c1-3-10-5-4-6-11-12(7-8-15-13(10)11)18-9(2)14(16)17/h4-9H,3H2,1-2H3,(H,16,17). The molecule has 4 nitrogen and oxygen atoms in total. The molecule has 0 aliphatic heterocycles. The fourth-order valence-electron chi connectivity index (χ4n) is 1.84. The molecule has 0 fully saturated rings. The fourth-order valence-corrected chi connectivity index (χ4v) is 1.84. The van der Waals surface area contributed by atoms with Crippen molar-refractivity contribution in [2.75, 3.05) is 0 Å². The number of ether oxygens (including phenoxy) is 1. The minimum absolute atomic E-state index is 0.560. The third kappa shape index (κ3) is 2.27. The highest BCUT2D eigenvalue weighted by molar-refractivity contribution is 5.87. The van der Waals surface area contributed by atoms with Crippen LogP contribution in [-0.4, -0.2) is 22.2 Å². The van der Waals surface area contributed by atoms with Gasteiger partial charge in [0.2, 0.25) is 0 Å². The van der Waals surface area contributed by atoms with Crippen molar-refractivity contribution in [1.82, 2.24) is 4.98 Å². The Labute approximate surface area is 105 Å². The van der Waals surface area contributed by atoms with Gasteiger partial charge >= 0.3 is 5.97 Å². The molecule has 0 saturated heterocycles. The zero-order chi connectivity index (χ0) is 13.1. The maximum absolute atomic E-state index is 10.8. The van der Waals surface area contributed by atoms with E-state index < -0.39 is 12.1 Å². The van der Waals surface area contributed by atoms with Crippen LogP contribution in [0.3, 0.4) is 0 Å². The molecule has 1 N–H and O–H groups in total. The molecular formula is C14H15NO3. The molecule has 1 aromatic carbocycles. The molecule has 0 radical (unpaired) electrons. The summed E-state index contributed by atoms with van der Waals surface area (Å²) >= 11 is 0. The van der Waals surface area contributed by atoms with E-state index in [9.17, 15) is 4.79 Å². The molecule has 4 heteroatoms. The lowest BCUT2D eigenvalue weighted by atomic mass is 10.1. The van der Waals surface area contributed by atoms with Gasteiger partial charge in [0.15, 0.2) is 6.10 Å². The van der Waals surface area contributed by atoms with Gasteiger partial charge < -0.3 is 9.84 Å². The van der Waals surface area contributed by atoms with E-state index in [1.807, 2.05) is 18.2 Å². The summed E-state index contributed by atoms with van der Waals surface area (Å²) in [7, 11) is 0. The largest absolute Gasteiger partial charge is 0.479 e. The lowest BCUT2D eigenvalue weighted by Gasteiger charge is -2.13. The third-order valence-electron chi connectivity index (χ3n) is 2.85. The number of nitrogens with zero attached hydrogens (tertiary/aromatic N) is 1. The Balaban J connectivity index is 2.49. The molecule has 0 amide bonds. The van der Waals surface area contributed by atoms with Crippen LogP contribution in [0.5, 0.6) is 5.75 Å². The van der Waals surface area contributed by atoms with E-state index in [2.05, 4.69) is 11.9 Å². The number of carboxylic acid groups (broad SMARTS) is 1. The summed E-state index contributed by atoms with van der Waals surface area (Å²) in [6.07, 6.45) is 1.65. The summed E-state index contributed by atoms with van der Waals surface area (Å²) in [5, 5.41) is 9.73. The minimum atomic E-state index is -0.980. The molecule has 0 spiro atoms. The molecule has 94 valence electrons. The second-order valence-corrected chi connectivity index (χ2v) is 4.07. The number of hydrogen-bond donors (Lipinski definition) is 1. The van der Waals surface area contributed by atoms with Crippen LogP contribution in [0.15, 0.2) is 30.5 Å². The number of fused-ring (bicyclic) bond motifs is 1. The molecule has 0 aliphatic rings. The van der Waals surface area contributed by atoms with Crippen LogP contribution in [0.1, 0.15) is 19.4 Å². The van der Waals surface area contributed by atoms with Gasteiger partial charge in [0, 0.05) is 11.6 Å². The average Bonchev–Trinajstić information content (AvgIpc) is 2.38. The first kappa shape index (κ1) is 12.4. The molecule has 2 aromatic rings. The summed E-state index contributed by atoms with van der Waals surface area (Å²) in [6.45, 7) is 3.57. The molecule has 18 heavy (non-hydrogen) atoms. The van der Waals surface area contributed by atoms with Crippen LogP contribution in [0.25, 0.3) is 10.9 Å². The van der Waals surface area contributed by atoms with Crippen LogP contribution < -0.4 is 4.74 Å². The summed E-state index contributed by atoms with van der Waals surface area (Å²) in [4.78, 5) is 15.2. The first-order valence-corrected chi connectivity index (χ1v) is 5.89. The lowest BCUT2D eigenvalue weighted by Crippen LogP contribution is -2.23. The fraction of sp³-hybridized carbons (Fsp3) is 0.286. The van der Waals surface area contributed by atoms with Crippen LogP contribution in [0.4, 0.5) is 0 Å². The summed E-state index contributed by atoms with van der Waals surface area (Å²) < 4.78 is 5.45. The quantitative estimate of drug-likeness (QED) is 0.899. The van der Waals surface area contributed by atoms with Crippen molar-refractivity contribution in [3.05, 3.63) is 36.0 Å². The first-order chi connectivity index (χ1) is 8.63. The van der Waals surface area contributed by atoms with E-state index in [4.69, 9.17) is 9.84 Å². The molecule has 1 unspecified atom stereocenters. The van der Waals surface area contributed by atoms with Gasteiger partial charge in [0.25, 0.3) is 0 Å². The van der Waals surface area contributed by atoms with Crippen molar-refractivity contribution in [1.29, 1.82) is 0 Å². The van der Waals surface area contributed by atoms with Crippen molar-refractivity contribution in [3.8, 4) is 5.75 Å². The number of carbonyl (C=O) groups is 1. The Morgan fingerprint density at radius 1 is 1.44 bits per heavy atom. The average molecular weight is 245 g/mol. The highest BCUT2D eigenvalue weighted by atomic mass is 16.5. The number of para-hydroxylation sites is 1. The molecule has 1 aromatic heterocycles. The van der Waals surface area contributed by atoms with Crippen LogP contribution >= 0.6 is 0 Å². The van der Waals surface area contributed by atoms with Gasteiger partial charge in [-0.2, -0.15) is 0 Å². The SMILES string of the molecule is CCc1cccc2c(OC(C)C(=O)O)ccnc12. The molecule has 1 heterocycles. The smallest absolute Gasteiger partial charge is 0.344 e. The Kier molecular flexibility index (Phi) is 3.46. The van der Waals surface area contributed by atoms with E-state index in [0.29, 0.717) is 5.75 Å². The number of benzene rings is 1. The van der Waals surface area contributed by atoms with Gasteiger partial charge in [0.1, 0.15) is 5.75 Å². The third-order valence-corrected chi connectivity index (χ3v) is 2.85. The molecule has 0 saturated carbocycles. The highest BCUT2D eigenvalue weighted by Crippen LogP contribution is 2.27. The number of pyridine rings is 1. The predicted molar refractivity (Wildman–Crippen MR) is 68.8 cm³/mol. The predicted octanol–water partition coefficient (Wildman–Crippen LogP) is 2.65. The van der Waals surface area contributed by atoms with Crippen molar-refractivity contribution in [2.24, 2.45) is 0 Å². The van der Waals surface area contributed by atoms with Crippen LogP contribution in [-0.2, 0) is 11.2 Å². The summed E-state index contributed by atoms with van der Waals surface area (Å²) in [6, 6.07) is 7.54. The van der Waals surface area contributed by atoms with Crippen LogP contribution in [0.2, 0.25) is 0 Å². The highest BCUT2D eigenvalue weighted by Gasteiger charge is 2.14. The Bertz CT molecular complexity index is 580. The van der Waals surface area contributed by atoms with Crippen molar-refractivity contribution < 1.29 is 14.6 Å². The summed E-state index contributed by atoms with van der Waals surface area (Å²) in [5.74, 6) is -0.420. The maximum atomic E-state index is 10.8. The topological polar surface area (TPSA) is 59.4 Å². The van der Waals surface area contributed by atoms with Crippen LogP contribution in [0, 0.1) is 0 Å². The number of aryl methyl sites for hydroxylation is 1. The van der Waals surface area contributed by atoms with Gasteiger partial charge in [-0.15, -0.1) is 0 Å². The van der Waals surface area contributed by atoms with Crippen molar-refractivity contribution in [2.45, 2.75) is 26.4 Å². The summed E-state index contributed by atoms with van der Waals surface area (Å²) in [5.41, 5.74) is 2.00. The molecular weight excluding hydrogens is 230 g/mol. The molecule has 1 atom stereocenters. The van der Waals surface area contributed by atoms with Gasteiger partial charge in [-0.05, 0) is 31.0 Å². The maximum Gasteiger partial charge on any atom is 0.344 e. The minimum Gasteiger partial charge on any atom is -0.479 e. The van der Waals surface area contributed by atoms with Gasteiger partial charge in [-0.25, -0.2) is 4.79 Å². The van der Waals surface area contributed by atoms with Gasteiger partial charge in [0.05, 0.1) is 5.52 Å². The van der Waals surface area contributed by atoms with Crippen molar-refractivity contribution >= 4 is 16.9 Å². The molecule has 0 aliphatic carbocycles. The van der Waals surface area contributed by atoms with E-state index in [-0.39, 0.29) is 0 Å². The molecule has 0 bridgehead atoms. The van der Waals surface area contributed by atoms with Crippen molar-refractivity contribution in [3.63, 3.8) is 0 Å². The Morgan fingerprint density at radius 2 is 2.22 bits per heavy atom. The Morgan fingerprint density at radius 3 is 2.89 bits per heavy atom. The normalized spacial score (nSPS) is 12.3. The second kappa shape index (κ2) is 5.04. The zero-order valence-electron chi connectivity index (χ0n) is 10.4. The Hall–Kier alpha value is -2.10.